The summed E-state index contributed by atoms with van der Waals surface area (Å²) in [5.41, 5.74) is 2.52. The first-order chi connectivity index (χ1) is 10.6. The summed E-state index contributed by atoms with van der Waals surface area (Å²) in [5.74, 6) is -0.921. The number of nitrogens with zero attached hydrogens (tertiary/aromatic N) is 1. The number of nitrogens with one attached hydrogen (secondary N) is 1. The standard InChI is InChI=1S/C16H16N2O4/c1-11-3-4-13-12(9-21-14(13)7-11)8-16(20)22-10-15(19)18-6-2-5-17/h3-4,7,9H,2,6,8,10H2,1H3,(H,18,19). The number of rotatable bonds is 6. The van der Waals surface area contributed by atoms with Gasteiger partial charge in [-0.2, -0.15) is 5.26 Å². The molecule has 1 aromatic heterocycles. The number of hydrogen-bond donors (Lipinski definition) is 1. The average molecular weight is 300 g/mol. The quantitative estimate of drug-likeness (QED) is 0.649. The lowest BCUT2D eigenvalue weighted by Crippen LogP contribution is -2.29. The number of furan rings is 1. The van der Waals surface area contributed by atoms with Gasteiger partial charge in [0.05, 0.1) is 25.2 Å². The van der Waals surface area contributed by atoms with Gasteiger partial charge in [-0.1, -0.05) is 12.1 Å². The molecule has 0 aliphatic rings. The summed E-state index contributed by atoms with van der Waals surface area (Å²) in [6.45, 7) is 1.86. The number of esters is 1. The number of benzene rings is 1. The Morgan fingerprint density at radius 1 is 1.41 bits per heavy atom. The maximum absolute atomic E-state index is 11.8. The molecule has 22 heavy (non-hydrogen) atoms. The van der Waals surface area contributed by atoms with Gasteiger partial charge in [-0.25, -0.2) is 0 Å². The van der Waals surface area contributed by atoms with E-state index in [1.807, 2.05) is 31.2 Å². The van der Waals surface area contributed by atoms with Crippen molar-refractivity contribution in [3.63, 3.8) is 0 Å². The molecule has 0 unspecified atom stereocenters. The molecule has 0 saturated heterocycles. The lowest BCUT2D eigenvalue weighted by Gasteiger charge is -2.04. The second-order valence-corrected chi connectivity index (χ2v) is 4.86. The summed E-state index contributed by atoms with van der Waals surface area (Å²) in [6, 6.07) is 7.64. The van der Waals surface area contributed by atoms with Crippen LogP contribution in [0.1, 0.15) is 17.5 Å². The molecule has 0 aliphatic heterocycles. The van der Waals surface area contributed by atoms with E-state index in [4.69, 9.17) is 14.4 Å². The van der Waals surface area contributed by atoms with Crippen LogP contribution in [0.4, 0.5) is 0 Å². The SMILES string of the molecule is Cc1ccc2c(CC(=O)OCC(=O)NCCC#N)coc2c1. The van der Waals surface area contributed by atoms with E-state index in [0.29, 0.717) is 0 Å². The van der Waals surface area contributed by atoms with Crippen molar-refractivity contribution in [1.82, 2.24) is 5.32 Å². The highest BCUT2D eigenvalue weighted by molar-refractivity contribution is 5.87. The summed E-state index contributed by atoms with van der Waals surface area (Å²) < 4.78 is 10.3. The van der Waals surface area contributed by atoms with Crippen LogP contribution in [0.15, 0.2) is 28.9 Å². The topological polar surface area (TPSA) is 92.3 Å². The number of amides is 1. The van der Waals surface area contributed by atoms with E-state index in [0.717, 1.165) is 22.1 Å². The zero-order valence-corrected chi connectivity index (χ0v) is 12.2. The van der Waals surface area contributed by atoms with Gasteiger partial charge in [0, 0.05) is 17.5 Å². The lowest BCUT2D eigenvalue weighted by molar-refractivity contribution is -0.147. The highest BCUT2D eigenvalue weighted by atomic mass is 16.5. The first-order valence-corrected chi connectivity index (χ1v) is 6.86. The second-order valence-electron chi connectivity index (χ2n) is 4.86. The zero-order chi connectivity index (χ0) is 15.9. The smallest absolute Gasteiger partial charge is 0.310 e. The molecule has 114 valence electrons. The fraction of sp³-hybridized carbons (Fsp3) is 0.312. The predicted octanol–water partition coefficient (Wildman–Crippen LogP) is 1.86. The van der Waals surface area contributed by atoms with Crippen molar-refractivity contribution in [3.8, 4) is 6.07 Å². The van der Waals surface area contributed by atoms with Gasteiger partial charge in [-0.15, -0.1) is 0 Å². The Labute approximate surface area is 127 Å². The molecule has 0 radical (unpaired) electrons. The van der Waals surface area contributed by atoms with Gasteiger partial charge < -0.3 is 14.5 Å². The van der Waals surface area contributed by atoms with Crippen LogP contribution in [0.2, 0.25) is 0 Å². The number of aryl methyl sites for hydroxylation is 1. The van der Waals surface area contributed by atoms with Crippen molar-refractivity contribution in [2.24, 2.45) is 0 Å². The van der Waals surface area contributed by atoms with Gasteiger partial charge in [-0.3, -0.25) is 9.59 Å². The van der Waals surface area contributed by atoms with Crippen molar-refractivity contribution in [2.75, 3.05) is 13.2 Å². The van der Waals surface area contributed by atoms with Crippen LogP contribution in [0, 0.1) is 18.3 Å². The van der Waals surface area contributed by atoms with Gasteiger partial charge in [-0.05, 0) is 18.6 Å². The molecular weight excluding hydrogens is 284 g/mol. The Balaban J connectivity index is 1.86. The van der Waals surface area contributed by atoms with Crippen LogP contribution < -0.4 is 5.32 Å². The summed E-state index contributed by atoms with van der Waals surface area (Å²) in [5, 5.41) is 11.7. The van der Waals surface area contributed by atoms with E-state index in [2.05, 4.69) is 5.32 Å². The highest BCUT2D eigenvalue weighted by Crippen LogP contribution is 2.22. The Kier molecular flexibility index (Phi) is 5.15. The molecule has 1 heterocycles. The summed E-state index contributed by atoms with van der Waals surface area (Å²) in [7, 11) is 0. The Bertz CT molecular complexity index is 727. The third kappa shape index (κ3) is 4.09. The first kappa shape index (κ1) is 15.6. The summed E-state index contributed by atoms with van der Waals surface area (Å²) in [4.78, 5) is 23.1. The van der Waals surface area contributed by atoms with Gasteiger partial charge in [0.25, 0.3) is 5.91 Å². The molecular formula is C16H16N2O4. The number of carbonyl (C=O) groups excluding carboxylic acids is 2. The number of carbonyl (C=O) groups is 2. The van der Waals surface area contributed by atoms with Crippen molar-refractivity contribution in [2.45, 2.75) is 19.8 Å². The fourth-order valence-electron chi connectivity index (χ4n) is 1.99. The lowest BCUT2D eigenvalue weighted by atomic mass is 10.1. The third-order valence-corrected chi connectivity index (χ3v) is 3.07. The van der Waals surface area contributed by atoms with Crippen LogP contribution in [0.25, 0.3) is 11.0 Å². The first-order valence-electron chi connectivity index (χ1n) is 6.86. The molecule has 6 nitrogen and oxygen atoms in total. The van der Waals surface area contributed by atoms with E-state index >= 15 is 0 Å². The molecule has 2 aromatic rings. The summed E-state index contributed by atoms with van der Waals surface area (Å²) >= 11 is 0. The molecule has 0 atom stereocenters. The predicted molar refractivity (Wildman–Crippen MR) is 78.9 cm³/mol. The van der Waals surface area contributed by atoms with E-state index < -0.39 is 11.9 Å². The number of hydrogen-bond acceptors (Lipinski definition) is 5. The van der Waals surface area contributed by atoms with Gasteiger partial charge in [0.1, 0.15) is 5.58 Å². The molecule has 1 aromatic carbocycles. The van der Waals surface area contributed by atoms with E-state index in [1.165, 1.54) is 6.26 Å². The number of fused-ring (bicyclic) bond motifs is 1. The fourth-order valence-corrected chi connectivity index (χ4v) is 1.99. The van der Waals surface area contributed by atoms with Crippen LogP contribution in [0.5, 0.6) is 0 Å². The van der Waals surface area contributed by atoms with Crippen molar-refractivity contribution >= 4 is 22.8 Å². The third-order valence-electron chi connectivity index (χ3n) is 3.07. The van der Waals surface area contributed by atoms with Gasteiger partial charge >= 0.3 is 5.97 Å². The van der Waals surface area contributed by atoms with Gasteiger partial charge in [0.2, 0.25) is 0 Å². The van der Waals surface area contributed by atoms with Gasteiger partial charge in [0.15, 0.2) is 6.61 Å². The summed E-state index contributed by atoms with van der Waals surface area (Å²) in [6.07, 6.45) is 1.79. The minimum Gasteiger partial charge on any atom is -0.464 e. The zero-order valence-electron chi connectivity index (χ0n) is 12.2. The largest absolute Gasteiger partial charge is 0.464 e. The van der Waals surface area contributed by atoms with Crippen LogP contribution in [-0.2, 0) is 20.7 Å². The normalized spacial score (nSPS) is 10.2. The molecule has 1 N–H and O–H groups in total. The Morgan fingerprint density at radius 2 is 2.23 bits per heavy atom. The van der Waals surface area contributed by atoms with Crippen molar-refractivity contribution < 1.29 is 18.7 Å². The molecule has 6 heteroatoms. The maximum atomic E-state index is 11.8. The maximum Gasteiger partial charge on any atom is 0.310 e. The number of ether oxygens (including phenoxy) is 1. The van der Waals surface area contributed by atoms with Crippen molar-refractivity contribution in [1.29, 1.82) is 5.26 Å². The van der Waals surface area contributed by atoms with Crippen molar-refractivity contribution in [3.05, 3.63) is 35.6 Å². The second kappa shape index (κ2) is 7.27. The molecule has 0 aliphatic carbocycles. The van der Waals surface area contributed by atoms with E-state index in [-0.39, 0.29) is 26.0 Å². The van der Waals surface area contributed by atoms with Crippen LogP contribution in [-0.4, -0.2) is 25.0 Å². The molecule has 0 saturated carbocycles. The van der Waals surface area contributed by atoms with Crippen LogP contribution in [0.3, 0.4) is 0 Å². The Hall–Kier alpha value is -2.81. The highest BCUT2D eigenvalue weighted by Gasteiger charge is 2.13. The molecule has 1 amide bonds. The molecule has 2 rings (SSSR count). The Morgan fingerprint density at radius 3 is 3.00 bits per heavy atom. The minimum atomic E-state index is -0.501. The molecule has 0 fully saturated rings. The minimum absolute atomic E-state index is 0.0432. The number of nitriles is 1. The van der Waals surface area contributed by atoms with Crippen LogP contribution >= 0.6 is 0 Å². The molecule has 0 bridgehead atoms. The average Bonchev–Trinajstić information content (AvgIpc) is 2.87. The monoisotopic (exact) mass is 300 g/mol. The molecule has 0 spiro atoms. The van der Waals surface area contributed by atoms with E-state index in [9.17, 15) is 9.59 Å². The van der Waals surface area contributed by atoms with E-state index in [1.54, 1.807) is 0 Å².